The van der Waals surface area contributed by atoms with Crippen molar-refractivity contribution in [3.8, 4) is 6.07 Å². The maximum Gasteiger partial charge on any atom is 0.225 e. The van der Waals surface area contributed by atoms with Crippen molar-refractivity contribution < 1.29 is 4.79 Å². The number of amides is 1. The molecule has 5 nitrogen and oxygen atoms in total. The van der Waals surface area contributed by atoms with E-state index in [0.717, 1.165) is 13.1 Å². The normalized spacial score (nSPS) is 29.8. The highest BCUT2D eigenvalue weighted by Gasteiger charge is 2.32. The summed E-state index contributed by atoms with van der Waals surface area (Å²) in [5.41, 5.74) is 0. The molecule has 2 atom stereocenters. The monoisotopic (exact) mass is 230 g/mol. The molecule has 84 valence electrons. The van der Waals surface area contributed by atoms with Gasteiger partial charge in [-0.1, -0.05) is 0 Å². The third-order valence-corrected chi connectivity index (χ3v) is 2.86. The fraction of sp³-hybridized carbons (Fsp3) is 0.778. The molecule has 15 heavy (non-hydrogen) atoms. The summed E-state index contributed by atoms with van der Waals surface area (Å²) in [6, 6.07) is 2.20. The first kappa shape index (κ1) is 12.2. The molecule has 0 aliphatic carbocycles. The van der Waals surface area contributed by atoms with Crippen LogP contribution in [-0.4, -0.2) is 38.1 Å². The van der Waals surface area contributed by atoms with Crippen molar-refractivity contribution in [1.82, 2.24) is 16.0 Å². The average molecular weight is 231 g/mol. The summed E-state index contributed by atoms with van der Waals surface area (Å²) in [6.07, 6.45) is 0. The smallest absolute Gasteiger partial charge is 0.225 e. The lowest BCUT2D eigenvalue weighted by Crippen LogP contribution is -2.53. The molecule has 2 unspecified atom stereocenters. The molecule has 0 bridgehead atoms. The Morgan fingerprint density at radius 3 is 2.47 bits per heavy atom. The molecular formula is C9H15ClN4O. The molecule has 6 heteroatoms. The van der Waals surface area contributed by atoms with Crippen molar-refractivity contribution in [2.24, 2.45) is 11.8 Å². The van der Waals surface area contributed by atoms with Crippen molar-refractivity contribution in [1.29, 1.82) is 5.26 Å². The van der Waals surface area contributed by atoms with Crippen molar-refractivity contribution in [2.75, 3.05) is 26.2 Å². The molecule has 0 aromatic carbocycles. The highest BCUT2D eigenvalue weighted by Crippen LogP contribution is 2.10. The molecule has 3 N–H and O–H groups in total. The van der Waals surface area contributed by atoms with Gasteiger partial charge in [-0.05, 0) is 0 Å². The Bertz CT molecular complexity index is 274. The molecule has 0 aromatic rings. The van der Waals surface area contributed by atoms with E-state index in [9.17, 15) is 4.79 Å². The van der Waals surface area contributed by atoms with Gasteiger partial charge in [0.1, 0.15) is 0 Å². The molecule has 2 saturated heterocycles. The maximum atomic E-state index is 11.6. The van der Waals surface area contributed by atoms with Gasteiger partial charge in [-0.25, -0.2) is 0 Å². The number of rotatable bonds is 2. The van der Waals surface area contributed by atoms with Crippen LogP contribution < -0.4 is 16.0 Å². The third-order valence-electron chi connectivity index (χ3n) is 2.86. The zero-order valence-corrected chi connectivity index (χ0v) is 9.14. The Hall–Kier alpha value is -0.830. The zero-order chi connectivity index (χ0) is 9.97. The van der Waals surface area contributed by atoms with Gasteiger partial charge in [0.15, 0.2) is 0 Å². The third kappa shape index (κ3) is 2.59. The largest absolute Gasteiger partial charge is 0.350 e. The Balaban J connectivity index is 0.00000112. The van der Waals surface area contributed by atoms with E-state index >= 15 is 0 Å². The Morgan fingerprint density at radius 2 is 1.93 bits per heavy atom. The van der Waals surface area contributed by atoms with Crippen LogP contribution in [-0.2, 0) is 4.79 Å². The van der Waals surface area contributed by atoms with Gasteiger partial charge < -0.3 is 16.0 Å². The van der Waals surface area contributed by atoms with Crippen molar-refractivity contribution in [2.45, 2.75) is 6.04 Å². The van der Waals surface area contributed by atoms with Crippen LogP contribution in [0.4, 0.5) is 0 Å². The molecule has 2 rings (SSSR count). The summed E-state index contributed by atoms with van der Waals surface area (Å²) in [5, 5.41) is 17.9. The second-order valence-corrected chi connectivity index (χ2v) is 3.86. The molecule has 2 fully saturated rings. The lowest BCUT2D eigenvalue weighted by molar-refractivity contribution is -0.127. The Labute approximate surface area is 95.0 Å². The van der Waals surface area contributed by atoms with Crippen LogP contribution in [0.3, 0.4) is 0 Å². The summed E-state index contributed by atoms with van der Waals surface area (Å²) in [5.74, 6) is 0.111. The summed E-state index contributed by atoms with van der Waals surface area (Å²) < 4.78 is 0. The van der Waals surface area contributed by atoms with Gasteiger partial charge in [0.05, 0.1) is 23.9 Å². The first-order chi connectivity index (χ1) is 6.81. The topological polar surface area (TPSA) is 77.0 Å². The second kappa shape index (κ2) is 5.31. The van der Waals surface area contributed by atoms with E-state index < -0.39 is 0 Å². The van der Waals surface area contributed by atoms with Crippen LogP contribution in [0.25, 0.3) is 0 Å². The van der Waals surface area contributed by atoms with Crippen LogP contribution in [0.1, 0.15) is 0 Å². The van der Waals surface area contributed by atoms with E-state index in [1.807, 2.05) is 0 Å². The number of hydrogen-bond acceptors (Lipinski definition) is 4. The predicted octanol–water partition coefficient (Wildman–Crippen LogP) is -1.14. The molecule has 2 aliphatic rings. The number of nitriles is 1. The lowest BCUT2D eigenvalue weighted by Gasteiger charge is -2.27. The van der Waals surface area contributed by atoms with E-state index in [1.165, 1.54) is 0 Å². The van der Waals surface area contributed by atoms with Gasteiger partial charge in [0.25, 0.3) is 0 Å². The van der Waals surface area contributed by atoms with E-state index in [1.54, 1.807) is 0 Å². The minimum absolute atomic E-state index is 0. The van der Waals surface area contributed by atoms with Crippen molar-refractivity contribution in [3.63, 3.8) is 0 Å². The molecule has 0 spiro atoms. The standard InChI is InChI=1S/C9H14N4O.ClH/c10-1-6-2-12-5-8(6)13-9(14)7-3-11-4-7;/h6-8,11-12H,2-5H2,(H,13,14);1H. The second-order valence-electron chi connectivity index (χ2n) is 3.86. The van der Waals surface area contributed by atoms with Crippen LogP contribution in [0, 0.1) is 23.2 Å². The number of halogens is 1. The highest BCUT2D eigenvalue weighted by molar-refractivity contribution is 5.85. The van der Waals surface area contributed by atoms with Gasteiger partial charge in [-0.15, -0.1) is 12.4 Å². The van der Waals surface area contributed by atoms with Gasteiger partial charge >= 0.3 is 0 Å². The van der Waals surface area contributed by atoms with Crippen LogP contribution in [0.2, 0.25) is 0 Å². The molecule has 0 aromatic heterocycles. The predicted molar refractivity (Wildman–Crippen MR) is 57.5 cm³/mol. The Morgan fingerprint density at radius 1 is 1.27 bits per heavy atom. The van der Waals surface area contributed by atoms with Gasteiger partial charge in [-0.2, -0.15) is 5.26 Å². The van der Waals surface area contributed by atoms with E-state index in [2.05, 4.69) is 22.0 Å². The maximum absolute atomic E-state index is 11.6. The summed E-state index contributed by atoms with van der Waals surface area (Å²) in [6.45, 7) is 2.93. The zero-order valence-electron chi connectivity index (χ0n) is 8.32. The first-order valence-electron chi connectivity index (χ1n) is 4.92. The molecular weight excluding hydrogens is 216 g/mol. The molecule has 2 aliphatic heterocycles. The lowest BCUT2D eigenvalue weighted by atomic mass is 10.00. The first-order valence-corrected chi connectivity index (χ1v) is 4.92. The fourth-order valence-corrected chi connectivity index (χ4v) is 1.74. The van der Waals surface area contributed by atoms with Crippen LogP contribution in [0.5, 0.6) is 0 Å². The van der Waals surface area contributed by atoms with Crippen molar-refractivity contribution >= 4 is 18.3 Å². The van der Waals surface area contributed by atoms with Gasteiger partial charge in [0.2, 0.25) is 5.91 Å². The number of nitrogens with zero attached hydrogens (tertiary/aromatic N) is 1. The van der Waals surface area contributed by atoms with Crippen LogP contribution >= 0.6 is 12.4 Å². The number of carbonyl (C=O) groups excluding carboxylic acids is 1. The minimum atomic E-state index is -0.0769. The van der Waals surface area contributed by atoms with Crippen molar-refractivity contribution in [3.05, 3.63) is 0 Å². The number of nitrogens with one attached hydrogen (secondary N) is 3. The van der Waals surface area contributed by atoms with E-state index in [4.69, 9.17) is 5.26 Å². The summed E-state index contributed by atoms with van der Waals surface area (Å²) in [4.78, 5) is 11.6. The molecule has 0 saturated carbocycles. The molecule has 1 amide bonds. The SMILES string of the molecule is Cl.N#CC1CNCC1NC(=O)C1CNC1. The van der Waals surface area contributed by atoms with Gasteiger partial charge in [0, 0.05) is 26.2 Å². The average Bonchev–Trinajstić information content (AvgIpc) is 2.48. The highest BCUT2D eigenvalue weighted by atomic mass is 35.5. The number of hydrogen-bond donors (Lipinski definition) is 3. The van der Waals surface area contributed by atoms with Gasteiger partial charge in [-0.3, -0.25) is 4.79 Å². The minimum Gasteiger partial charge on any atom is -0.350 e. The quantitative estimate of drug-likeness (QED) is 0.560. The molecule has 2 heterocycles. The number of carbonyl (C=O) groups is 1. The summed E-state index contributed by atoms with van der Waals surface area (Å²) in [7, 11) is 0. The summed E-state index contributed by atoms with van der Waals surface area (Å²) >= 11 is 0. The van der Waals surface area contributed by atoms with E-state index in [-0.39, 0.29) is 36.2 Å². The Kier molecular flexibility index (Phi) is 4.33. The van der Waals surface area contributed by atoms with Crippen LogP contribution in [0.15, 0.2) is 0 Å². The fourth-order valence-electron chi connectivity index (χ4n) is 1.74. The van der Waals surface area contributed by atoms with E-state index in [0.29, 0.717) is 13.1 Å². The molecule has 0 radical (unpaired) electrons.